The van der Waals surface area contributed by atoms with E-state index in [0.717, 1.165) is 0 Å². The van der Waals surface area contributed by atoms with Gasteiger partial charge in [0.15, 0.2) is 11.6 Å². The summed E-state index contributed by atoms with van der Waals surface area (Å²) in [5.74, 6) is 0.785. The summed E-state index contributed by atoms with van der Waals surface area (Å²) in [6, 6.07) is 10.6. The molecule has 0 atom stereocenters. The Morgan fingerprint density at radius 2 is 1.96 bits per heavy atom. The third kappa shape index (κ3) is 3.12. The lowest BCUT2D eigenvalue weighted by atomic mass is 10.00. The Balaban J connectivity index is 1.90. The van der Waals surface area contributed by atoms with Gasteiger partial charge in [-0.3, -0.25) is 9.56 Å². The van der Waals surface area contributed by atoms with E-state index in [2.05, 4.69) is 21.8 Å². The lowest BCUT2D eigenvalue weighted by molar-refractivity contribution is 0.193. The summed E-state index contributed by atoms with van der Waals surface area (Å²) in [7, 11) is 0. The van der Waals surface area contributed by atoms with E-state index >= 15 is 0 Å². The maximum absolute atomic E-state index is 14.4. The zero-order chi connectivity index (χ0) is 19.0. The second-order valence-electron chi connectivity index (χ2n) is 6.16. The quantitative estimate of drug-likeness (QED) is 0.657. The smallest absolute Gasteiger partial charge is 0.175 e. The molecule has 0 saturated carbocycles. The van der Waals surface area contributed by atoms with Crippen LogP contribution in [0.2, 0.25) is 0 Å². The van der Waals surface area contributed by atoms with E-state index in [4.69, 9.17) is 4.74 Å². The summed E-state index contributed by atoms with van der Waals surface area (Å²) in [4.78, 5) is 4.51. The Morgan fingerprint density at radius 3 is 2.74 bits per heavy atom. The molecular weight excluding hydrogens is 350 g/mol. The van der Waals surface area contributed by atoms with E-state index in [1.165, 1.54) is 18.2 Å². The highest BCUT2D eigenvalue weighted by atomic mass is 19.1. The number of allylic oxidation sites excluding steroid dienone is 1. The second kappa shape index (κ2) is 6.75. The minimum atomic E-state index is -0.436. The van der Waals surface area contributed by atoms with Crippen LogP contribution >= 0.6 is 0 Å². The maximum atomic E-state index is 14.4. The van der Waals surface area contributed by atoms with Gasteiger partial charge in [0.25, 0.3) is 0 Å². The van der Waals surface area contributed by atoms with Gasteiger partial charge in [0, 0.05) is 11.1 Å². The summed E-state index contributed by atoms with van der Waals surface area (Å²) in [6.07, 6.45) is 0. The van der Waals surface area contributed by atoms with Crippen molar-refractivity contribution in [3.05, 3.63) is 89.2 Å². The largest absolute Gasteiger partial charge is 0.491 e. The van der Waals surface area contributed by atoms with Crippen LogP contribution in [0.1, 0.15) is 29.7 Å². The summed E-state index contributed by atoms with van der Waals surface area (Å²) in [5, 5.41) is 8.33. The molecule has 7 heteroatoms. The topological polar surface area (TPSA) is 52.3 Å². The molecule has 0 N–H and O–H groups in total. The molecule has 1 aromatic heterocycles. The molecule has 2 aromatic carbocycles. The number of hydrogen-bond acceptors (Lipinski definition) is 4. The predicted octanol–water partition coefficient (Wildman–Crippen LogP) is 3.95. The molecule has 0 fully saturated rings. The second-order valence-corrected chi connectivity index (χ2v) is 6.16. The summed E-state index contributed by atoms with van der Waals surface area (Å²) < 4.78 is 35.7. The molecule has 0 unspecified atom stereocenters. The van der Waals surface area contributed by atoms with Crippen LogP contribution in [-0.4, -0.2) is 20.5 Å². The van der Waals surface area contributed by atoms with Crippen LogP contribution in [0.4, 0.5) is 8.78 Å². The van der Waals surface area contributed by atoms with E-state index < -0.39 is 11.6 Å². The molecule has 0 amide bonds. The molecule has 4 rings (SSSR count). The minimum Gasteiger partial charge on any atom is -0.491 e. The summed E-state index contributed by atoms with van der Waals surface area (Å²) in [6.45, 7) is 5.79. The standard InChI is InChI=1S/C20H16F2N4O/c1-12(2)27-11-19-25-24-18-10-23-20(14-5-3-4-6-16(14)22)15-9-13(21)7-8-17(15)26(18)19/h3-9H,1,10-11H2,2H3. The predicted molar refractivity (Wildman–Crippen MR) is 96.7 cm³/mol. The first-order valence-corrected chi connectivity index (χ1v) is 8.35. The van der Waals surface area contributed by atoms with E-state index in [0.29, 0.717) is 39.9 Å². The van der Waals surface area contributed by atoms with Gasteiger partial charge in [-0.25, -0.2) is 8.78 Å². The van der Waals surface area contributed by atoms with Gasteiger partial charge < -0.3 is 4.74 Å². The van der Waals surface area contributed by atoms with Gasteiger partial charge in [-0.1, -0.05) is 18.7 Å². The number of aliphatic imine (C=N–C) groups is 1. The van der Waals surface area contributed by atoms with Gasteiger partial charge in [-0.05, 0) is 37.3 Å². The van der Waals surface area contributed by atoms with Gasteiger partial charge in [0.1, 0.15) is 24.8 Å². The van der Waals surface area contributed by atoms with Gasteiger partial charge in [0.05, 0.1) is 17.2 Å². The highest BCUT2D eigenvalue weighted by Crippen LogP contribution is 2.27. The van der Waals surface area contributed by atoms with Crippen LogP contribution in [0.15, 0.2) is 59.8 Å². The number of nitrogens with zero attached hydrogens (tertiary/aromatic N) is 4. The molecule has 0 bridgehead atoms. The fourth-order valence-electron chi connectivity index (χ4n) is 3.03. The molecule has 0 saturated heterocycles. The molecule has 27 heavy (non-hydrogen) atoms. The van der Waals surface area contributed by atoms with E-state index in [-0.39, 0.29) is 13.2 Å². The number of halogens is 2. The van der Waals surface area contributed by atoms with Gasteiger partial charge in [-0.2, -0.15) is 0 Å². The number of aromatic nitrogens is 3. The third-order valence-electron chi connectivity index (χ3n) is 4.21. The summed E-state index contributed by atoms with van der Waals surface area (Å²) in [5.41, 5.74) is 1.77. The van der Waals surface area contributed by atoms with Crippen LogP contribution in [0, 0.1) is 11.6 Å². The van der Waals surface area contributed by atoms with Crippen molar-refractivity contribution < 1.29 is 13.5 Å². The zero-order valence-electron chi connectivity index (χ0n) is 14.6. The highest BCUT2D eigenvalue weighted by Gasteiger charge is 2.24. The molecule has 5 nitrogen and oxygen atoms in total. The van der Waals surface area contributed by atoms with Crippen LogP contribution < -0.4 is 0 Å². The number of rotatable bonds is 4. The van der Waals surface area contributed by atoms with Crippen molar-refractivity contribution in [2.45, 2.75) is 20.1 Å². The molecule has 1 aliphatic heterocycles. The average Bonchev–Trinajstić information content (AvgIpc) is 2.97. The molecule has 0 aliphatic carbocycles. The van der Waals surface area contributed by atoms with Crippen molar-refractivity contribution in [3.63, 3.8) is 0 Å². The molecule has 136 valence electrons. The first-order valence-electron chi connectivity index (χ1n) is 8.35. The van der Waals surface area contributed by atoms with Crippen LogP contribution in [0.5, 0.6) is 0 Å². The normalized spacial score (nSPS) is 12.6. The molecular formula is C20H16F2N4O. The maximum Gasteiger partial charge on any atom is 0.175 e. The first-order chi connectivity index (χ1) is 13.0. The Morgan fingerprint density at radius 1 is 1.15 bits per heavy atom. The third-order valence-corrected chi connectivity index (χ3v) is 4.21. The number of benzene rings is 2. The van der Waals surface area contributed by atoms with Crippen molar-refractivity contribution in [2.75, 3.05) is 0 Å². The Labute approximate surface area is 154 Å². The van der Waals surface area contributed by atoms with E-state index in [9.17, 15) is 8.78 Å². The number of hydrogen-bond donors (Lipinski definition) is 0. The van der Waals surface area contributed by atoms with Crippen molar-refractivity contribution in [1.29, 1.82) is 0 Å². The molecule has 3 aromatic rings. The fourth-order valence-corrected chi connectivity index (χ4v) is 3.03. The SMILES string of the molecule is C=C(C)OCc1nnc2n1-c1ccc(F)cc1C(c1ccccc1F)=NC2. The van der Waals surface area contributed by atoms with Gasteiger partial charge in [0.2, 0.25) is 0 Å². The fraction of sp³-hybridized carbons (Fsp3) is 0.150. The van der Waals surface area contributed by atoms with Gasteiger partial charge in [-0.15, -0.1) is 10.2 Å². The van der Waals surface area contributed by atoms with E-state index in [1.807, 2.05) is 0 Å². The Hall–Kier alpha value is -3.35. The van der Waals surface area contributed by atoms with Gasteiger partial charge >= 0.3 is 0 Å². The van der Waals surface area contributed by atoms with Crippen LogP contribution in [-0.2, 0) is 17.9 Å². The molecule has 0 spiro atoms. The van der Waals surface area contributed by atoms with E-state index in [1.54, 1.807) is 35.8 Å². The Kier molecular flexibility index (Phi) is 4.27. The first kappa shape index (κ1) is 17.1. The highest BCUT2D eigenvalue weighted by molar-refractivity contribution is 6.15. The number of ether oxygens (including phenoxy) is 1. The zero-order valence-corrected chi connectivity index (χ0v) is 14.6. The Bertz CT molecular complexity index is 1070. The van der Waals surface area contributed by atoms with Crippen molar-refractivity contribution >= 4 is 5.71 Å². The van der Waals surface area contributed by atoms with Crippen molar-refractivity contribution in [2.24, 2.45) is 4.99 Å². The van der Waals surface area contributed by atoms with Crippen molar-refractivity contribution in [1.82, 2.24) is 14.8 Å². The van der Waals surface area contributed by atoms with Crippen molar-refractivity contribution in [3.8, 4) is 5.69 Å². The average molecular weight is 366 g/mol. The summed E-state index contributed by atoms with van der Waals surface area (Å²) >= 11 is 0. The monoisotopic (exact) mass is 366 g/mol. The molecule has 0 radical (unpaired) electrons. The molecule has 1 aliphatic rings. The van der Waals surface area contributed by atoms with Crippen LogP contribution in [0.3, 0.4) is 0 Å². The minimum absolute atomic E-state index is 0.161. The number of fused-ring (bicyclic) bond motifs is 3. The lowest BCUT2D eigenvalue weighted by Gasteiger charge is -2.14. The molecule has 2 heterocycles. The van der Waals surface area contributed by atoms with Crippen LogP contribution in [0.25, 0.3) is 5.69 Å². The lowest BCUT2D eigenvalue weighted by Crippen LogP contribution is -2.11.